The van der Waals surface area contributed by atoms with Gasteiger partial charge < -0.3 is 4.90 Å². The summed E-state index contributed by atoms with van der Waals surface area (Å²) in [4.78, 5) is 35.5. The Morgan fingerprint density at radius 2 is 2.21 bits per heavy atom. The Hall–Kier alpha value is -2.24. The summed E-state index contributed by atoms with van der Waals surface area (Å²) in [6, 6.07) is 3.41. The van der Waals surface area contributed by atoms with Crippen molar-refractivity contribution in [3.8, 4) is 0 Å². The summed E-state index contributed by atoms with van der Waals surface area (Å²) in [5, 5.41) is 2.21. The molecule has 1 aromatic carbocycles. The van der Waals surface area contributed by atoms with Gasteiger partial charge in [-0.3, -0.25) is 19.7 Å². The monoisotopic (exact) mass is 264 g/mol. The fraction of sp³-hybridized carbons (Fsp3) is 0.308. The molecule has 100 valence electrons. The third kappa shape index (κ3) is 2.33. The summed E-state index contributed by atoms with van der Waals surface area (Å²) in [7, 11) is 0. The maximum atomic E-state index is 13.9. The number of hydrogen-bond acceptors (Lipinski definition) is 4. The van der Waals surface area contributed by atoms with Crippen LogP contribution in [0.2, 0.25) is 0 Å². The smallest absolute Gasteiger partial charge is 0.249 e. The highest BCUT2D eigenvalue weighted by Gasteiger charge is 2.34. The fourth-order valence-corrected chi connectivity index (χ4v) is 2.24. The van der Waals surface area contributed by atoms with Crippen LogP contribution in [-0.4, -0.2) is 30.7 Å². The molecule has 5 nitrogen and oxygen atoms in total. The van der Waals surface area contributed by atoms with Gasteiger partial charge in [-0.15, -0.1) is 0 Å². The van der Waals surface area contributed by atoms with E-state index in [9.17, 15) is 18.8 Å². The Morgan fingerprint density at radius 1 is 1.47 bits per heavy atom. The lowest BCUT2D eigenvalue weighted by molar-refractivity contribution is -0.132. The highest BCUT2D eigenvalue weighted by atomic mass is 19.1. The van der Waals surface area contributed by atoms with Crippen LogP contribution < -0.4 is 10.2 Å². The van der Waals surface area contributed by atoms with E-state index in [1.54, 1.807) is 6.92 Å². The average Bonchev–Trinajstić information content (AvgIpc) is 2.37. The minimum absolute atomic E-state index is 0.00699. The minimum Gasteiger partial charge on any atom is -0.347 e. The molecule has 1 atom stereocenters. The zero-order valence-corrected chi connectivity index (χ0v) is 10.4. The van der Waals surface area contributed by atoms with Crippen LogP contribution in [0.3, 0.4) is 0 Å². The number of rotatable bonds is 3. The predicted octanol–water partition coefficient (Wildman–Crippen LogP) is 0.880. The first kappa shape index (κ1) is 13.2. The molecule has 0 bridgehead atoms. The van der Waals surface area contributed by atoms with Crippen LogP contribution in [0, 0.1) is 5.82 Å². The first-order chi connectivity index (χ1) is 9.08. The van der Waals surface area contributed by atoms with Crippen molar-refractivity contribution in [1.82, 2.24) is 5.32 Å². The molecular weight excluding hydrogens is 251 g/mol. The molecule has 0 aliphatic carbocycles. The summed E-state index contributed by atoms with van der Waals surface area (Å²) in [6.45, 7) is 1.61. The van der Waals surface area contributed by atoms with Gasteiger partial charge in [0.15, 0.2) is 6.29 Å². The van der Waals surface area contributed by atoms with Crippen LogP contribution in [0.25, 0.3) is 0 Å². The third-order valence-corrected chi connectivity index (χ3v) is 3.07. The number of nitrogens with zero attached hydrogens (tertiary/aromatic N) is 1. The molecule has 0 saturated carbocycles. The number of carbonyl (C=O) groups is 3. The van der Waals surface area contributed by atoms with E-state index in [0.29, 0.717) is 12.7 Å². The average molecular weight is 264 g/mol. The van der Waals surface area contributed by atoms with Gasteiger partial charge in [0.2, 0.25) is 11.8 Å². The van der Waals surface area contributed by atoms with Crippen molar-refractivity contribution in [2.45, 2.75) is 19.4 Å². The Bertz CT molecular complexity index is 545. The normalized spacial score (nSPS) is 19.3. The molecule has 0 radical (unpaired) electrons. The van der Waals surface area contributed by atoms with Crippen molar-refractivity contribution in [3.63, 3.8) is 0 Å². The van der Waals surface area contributed by atoms with Gasteiger partial charge in [0.1, 0.15) is 11.9 Å². The zero-order chi connectivity index (χ0) is 14.0. The summed E-state index contributed by atoms with van der Waals surface area (Å²) in [5.74, 6) is -1.60. The van der Waals surface area contributed by atoms with Crippen LogP contribution in [0.1, 0.15) is 23.7 Å². The van der Waals surface area contributed by atoms with Crippen molar-refractivity contribution in [2.24, 2.45) is 0 Å². The van der Waals surface area contributed by atoms with Crippen molar-refractivity contribution in [2.75, 3.05) is 11.4 Å². The lowest BCUT2D eigenvalue weighted by Gasteiger charge is -2.35. The molecule has 1 fully saturated rings. The highest BCUT2D eigenvalue weighted by Crippen LogP contribution is 2.27. The van der Waals surface area contributed by atoms with Crippen LogP contribution in [0.5, 0.6) is 0 Å². The largest absolute Gasteiger partial charge is 0.347 e. The number of benzene rings is 1. The second-order valence-corrected chi connectivity index (χ2v) is 4.26. The van der Waals surface area contributed by atoms with Crippen LogP contribution in [0.4, 0.5) is 10.1 Å². The zero-order valence-electron chi connectivity index (χ0n) is 10.4. The number of amides is 2. The number of anilines is 1. The summed E-state index contributed by atoms with van der Waals surface area (Å²) < 4.78 is 13.9. The molecule has 1 heterocycles. The van der Waals surface area contributed by atoms with Gasteiger partial charge in [-0.1, -0.05) is 13.0 Å². The van der Waals surface area contributed by atoms with Gasteiger partial charge in [0, 0.05) is 5.56 Å². The molecule has 1 aliphatic heterocycles. The summed E-state index contributed by atoms with van der Waals surface area (Å²) in [6.07, 6.45) is 0.924. The quantitative estimate of drug-likeness (QED) is 0.650. The first-order valence-corrected chi connectivity index (χ1v) is 5.92. The maximum absolute atomic E-state index is 13.9. The van der Waals surface area contributed by atoms with E-state index in [-0.39, 0.29) is 17.8 Å². The molecule has 1 N–H and O–H groups in total. The molecule has 19 heavy (non-hydrogen) atoms. The molecular formula is C13H13FN2O3. The minimum atomic E-state index is -0.659. The molecule has 6 heteroatoms. The maximum Gasteiger partial charge on any atom is 0.249 e. The predicted molar refractivity (Wildman–Crippen MR) is 66.4 cm³/mol. The van der Waals surface area contributed by atoms with Crippen LogP contribution >= 0.6 is 0 Å². The van der Waals surface area contributed by atoms with Gasteiger partial charge in [0.05, 0.1) is 12.2 Å². The molecule has 1 aliphatic rings. The first-order valence-electron chi connectivity index (χ1n) is 5.92. The number of para-hydroxylation sites is 1. The number of carbonyl (C=O) groups excluding carboxylic acids is 3. The summed E-state index contributed by atoms with van der Waals surface area (Å²) in [5.41, 5.74) is 0.133. The van der Waals surface area contributed by atoms with E-state index in [1.165, 1.54) is 23.1 Å². The van der Waals surface area contributed by atoms with Crippen LogP contribution in [0.15, 0.2) is 18.2 Å². The topological polar surface area (TPSA) is 66.5 Å². The van der Waals surface area contributed by atoms with Gasteiger partial charge in [-0.2, -0.15) is 0 Å². The molecule has 0 aromatic heterocycles. The van der Waals surface area contributed by atoms with Gasteiger partial charge in [-0.25, -0.2) is 4.39 Å². The fourth-order valence-electron chi connectivity index (χ4n) is 2.24. The highest BCUT2D eigenvalue weighted by molar-refractivity contribution is 6.05. The molecule has 2 amide bonds. The third-order valence-electron chi connectivity index (χ3n) is 3.07. The standard InChI is InChI=1S/C13H13FN2O3/c1-2-10-13(19)15-11(18)6-16(10)12-8(7-17)4-3-5-9(12)14/h3-5,7,10H,2,6H2,1H3,(H,15,18,19). The Labute approximate surface area is 109 Å². The molecule has 1 unspecified atom stereocenters. The number of aldehydes is 1. The second kappa shape index (κ2) is 5.17. The lowest BCUT2D eigenvalue weighted by atomic mass is 10.1. The summed E-state index contributed by atoms with van der Waals surface area (Å²) >= 11 is 0. The molecule has 0 spiro atoms. The molecule has 2 rings (SSSR count). The van der Waals surface area contributed by atoms with Crippen molar-refractivity contribution in [3.05, 3.63) is 29.6 Å². The van der Waals surface area contributed by atoms with E-state index >= 15 is 0 Å². The van der Waals surface area contributed by atoms with E-state index < -0.39 is 23.7 Å². The van der Waals surface area contributed by atoms with Crippen molar-refractivity contribution in [1.29, 1.82) is 0 Å². The van der Waals surface area contributed by atoms with E-state index in [2.05, 4.69) is 5.32 Å². The second-order valence-electron chi connectivity index (χ2n) is 4.26. The Balaban J connectivity index is 2.51. The van der Waals surface area contributed by atoms with Crippen LogP contribution in [-0.2, 0) is 9.59 Å². The number of nitrogens with one attached hydrogen (secondary N) is 1. The lowest BCUT2D eigenvalue weighted by Crippen LogP contribution is -2.58. The van der Waals surface area contributed by atoms with Crippen molar-refractivity contribution < 1.29 is 18.8 Å². The van der Waals surface area contributed by atoms with Gasteiger partial charge in [0.25, 0.3) is 0 Å². The van der Waals surface area contributed by atoms with E-state index in [1.807, 2.05) is 0 Å². The van der Waals surface area contributed by atoms with E-state index in [0.717, 1.165) is 0 Å². The van der Waals surface area contributed by atoms with E-state index in [4.69, 9.17) is 0 Å². The molecule has 1 saturated heterocycles. The number of halogens is 1. The van der Waals surface area contributed by atoms with Gasteiger partial charge >= 0.3 is 0 Å². The SMILES string of the molecule is CCC1C(=O)NC(=O)CN1c1c(F)cccc1C=O. The Morgan fingerprint density at radius 3 is 2.84 bits per heavy atom. The number of imide groups is 1. The van der Waals surface area contributed by atoms with Gasteiger partial charge in [-0.05, 0) is 18.6 Å². The van der Waals surface area contributed by atoms with Crippen molar-refractivity contribution >= 4 is 23.8 Å². The number of piperazine rings is 1. The number of hydrogen-bond donors (Lipinski definition) is 1. The Kier molecular flexibility index (Phi) is 3.59. The molecule has 1 aromatic rings.